The number of carbonyl (C=O) groups is 1. The molecule has 0 saturated carbocycles. The molecule has 154 valence electrons. The number of hydrogen-bond acceptors (Lipinski definition) is 8. The van der Waals surface area contributed by atoms with Gasteiger partial charge < -0.3 is 19.4 Å². The second-order valence-electron chi connectivity index (χ2n) is 6.34. The van der Waals surface area contributed by atoms with Gasteiger partial charge in [-0.2, -0.15) is 0 Å². The van der Waals surface area contributed by atoms with Crippen LogP contribution in [0.2, 0.25) is 0 Å². The number of thiazole rings is 1. The summed E-state index contributed by atoms with van der Waals surface area (Å²) in [5, 5.41) is 12.3. The average Bonchev–Trinajstić information content (AvgIpc) is 3.22. The van der Waals surface area contributed by atoms with Gasteiger partial charge in [0.1, 0.15) is 0 Å². The number of nitrogens with one attached hydrogen (secondary N) is 1. The van der Waals surface area contributed by atoms with Gasteiger partial charge in [-0.05, 0) is 39.0 Å². The number of carbonyl (C=O) groups excluding carboxylic acids is 1. The fraction of sp³-hybridized carbons (Fsp3) is 0.368. The van der Waals surface area contributed by atoms with E-state index in [1.54, 1.807) is 14.2 Å². The van der Waals surface area contributed by atoms with Crippen LogP contribution >= 0.6 is 23.1 Å². The molecule has 0 aliphatic carbocycles. The van der Waals surface area contributed by atoms with Gasteiger partial charge in [-0.3, -0.25) is 4.79 Å². The van der Waals surface area contributed by atoms with Crippen molar-refractivity contribution in [3.63, 3.8) is 0 Å². The van der Waals surface area contributed by atoms with Crippen molar-refractivity contribution in [1.29, 1.82) is 0 Å². The Labute approximate surface area is 177 Å². The Hall–Kier alpha value is -2.59. The molecule has 1 N–H and O–H groups in total. The summed E-state index contributed by atoms with van der Waals surface area (Å²) in [5.41, 5.74) is 1.77. The van der Waals surface area contributed by atoms with Crippen LogP contribution in [0.4, 0.5) is 5.13 Å². The highest BCUT2D eigenvalue weighted by atomic mass is 32.2. The number of methoxy groups -OCH3 is 2. The zero-order valence-corrected chi connectivity index (χ0v) is 18.8. The van der Waals surface area contributed by atoms with Gasteiger partial charge in [-0.25, -0.2) is 4.98 Å². The van der Waals surface area contributed by atoms with Gasteiger partial charge in [0, 0.05) is 17.5 Å². The van der Waals surface area contributed by atoms with Crippen molar-refractivity contribution in [2.24, 2.45) is 7.05 Å². The number of thioether (sulfide) groups is 1. The number of amides is 1. The Morgan fingerprint density at radius 1 is 1.21 bits per heavy atom. The number of hydrogen-bond donors (Lipinski definition) is 1. The van der Waals surface area contributed by atoms with Gasteiger partial charge in [0.2, 0.25) is 5.91 Å². The monoisotopic (exact) mass is 433 g/mol. The van der Waals surface area contributed by atoms with E-state index in [1.165, 1.54) is 23.1 Å². The lowest BCUT2D eigenvalue weighted by Gasteiger charge is -2.11. The van der Waals surface area contributed by atoms with Crippen LogP contribution in [0.5, 0.6) is 11.5 Å². The molecule has 0 aliphatic heterocycles. The Kier molecular flexibility index (Phi) is 6.43. The van der Waals surface area contributed by atoms with E-state index in [-0.39, 0.29) is 11.2 Å². The Balaban J connectivity index is 1.74. The third-order valence-corrected chi connectivity index (χ3v) is 6.51. The van der Waals surface area contributed by atoms with Crippen molar-refractivity contribution >= 4 is 34.1 Å². The van der Waals surface area contributed by atoms with Crippen molar-refractivity contribution in [3.8, 4) is 22.9 Å². The fourth-order valence-electron chi connectivity index (χ4n) is 2.59. The predicted molar refractivity (Wildman–Crippen MR) is 115 cm³/mol. The van der Waals surface area contributed by atoms with Crippen LogP contribution in [0.3, 0.4) is 0 Å². The molecule has 0 radical (unpaired) electrons. The number of benzene rings is 1. The molecule has 1 amide bonds. The molecule has 10 heteroatoms. The molecule has 8 nitrogen and oxygen atoms in total. The highest BCUT2D eigenvalue weighted by molar-refractivity contribution is 8.00. The van der Waals surface area contributed by atoms with Gasteiger partial charge in [-0.15, -0.1) is 21.5 Å². The van der Waals surface area contributed by atoms with Crippen molar-refractivity contribution in [1.82, 2.24) is 19.7 Å². The molecule has 3 rings (SSSR count). The summed E-state index contributed by atoms with van der Waals surface area (Å²) in [7, 11) is 5.05. The molecule has 0 fully saturated rings. The quantitative estimate of drug-likeness (QED) is 0.568. The van der Waals surface area contributed by atoms with Gasteiger partial charge >= 0.3 is 0 Å². The summed E-state index contributed by atoms with van der Waals surface area (Å²) in [6.45, 7) is 5.74. The summed E-state index contributed by atoms with van der Waals surface area (Å²) in [6.07, 6.45) is 0. The van der Waals surface area contributed by atoms with Crippen LogP contribution in [0.1, 0.15) is 17.5 Å². The normalized spacial score (nSPS) is 11.9. The molecule has 2 aromatic heterocycles. The molecule has 1 atom stereocenters. The zero-order chi connectivity index (χ0) is 21.1. The number of anilines is 1. The summed E-state index contributed by atoms with van der Waals surface area (Å²) >= 11 is 2.81. The molecule has 29 heavy (non-hydrogen) atoms. The highest BCUT2D eigenvalue weighted by Gasteiger charge is 2.21. The van der Waals surface area contributed by atoms with Crippen molar-refractivity contribution in [3.05, 3.63) is 28.8 Å². The van der Waals surface area contributed by atoms with E-state index in [4.69, 9.17) is 9.47 Å². The van der Waals surface area contributed by atoms with Gasteiger partial charge in [0.25, 0.3) is 0 Å². The van der Waals surface area contributed by atoms with E-state index in [2.05, 4.69) is 20.5 Å². The number of aromatic nitrogens is 4. The number of nitrogens with zero attached hydrogens (tertiary/aromatic N) is 4. The number of rotatable bonds is 7. The van der Waals surface area contributed by atoms with Crippen LogP contribution < -0.4 is 14.8 Å². The van der Waals surface area contributed by atoms with Gasteiger partial charge in [0.05, 0.1) is 25.2 Å². The van der Waals surface area contributed by atoms with Crippen LogP contribution in [0.15, 0.2) is 23.4 Å². The lowest BCUT2D eigenvalue weighted by atomic mass is 10.2. The minimum absolute atomic E-state index is 0.126. The van der Waals surface area contributed by atoms with E-state index in [0.717, 1.165) is 16.1 Å². The van der Waals surface area contributed by atoms with E-state index in [9.17, 15) is 4.79 Å². The van der Waals surface area contributed by atoms with E-state index >= 15 is 0 Å². The largest absolute Gasteiger partial charge is 0.493 e. The topological polar surface area (TPSA) is 91.2 Å². The average molecular weight is 434 g/mol. The first-order valence-corrected chi connectivity index (χ1v) is 10.6. The van der Waals surface area contributed by atoms with Crippen molar-refractivity contribution in [2.75, 3.05) is 19.5 Å². The molecular formula is C19H23N5O3S2. The molecule has 0 spiro atoms. The maximum absolute atomic E-state index is 12.5. The number of ether oxygens (including phenoxy) is 2. The van der Waals surface area contributed by atoms with Gasteiger partial charge in [-0.1, -0.05) is 11.8 Å². The summed E-state index contributed by atoms with van der Waals surface area (Å²) < 4.78 is 12.5. The third-order valence-electron chi connectivity index (χ3n) is 4.39. The summed E-state index contributed by atoms with van der Waals surface area (Å²) in [4.78, 5) is 18.0. The Morgan fingerprint density at radius 3 is 2.55 bits per heavy atom. The zero-order valence-electron chi connectivity index (χ0n) is 17.1. The Bertz CT molecular complexity index is 1010. The molecule has 1 unspecified atom stereocenters. The van der Waals surface area contributed by atoms with Crippen LogP contribution in [0.25, 0.3) is 11.4 Å². The molecule has 2 heterocycles. The lowest BCUT2D eigenvalue weighted by molar-refractivity contribution is -0.115. The lowest BCUT2D eigenvalue weighted by Crippen LogP contribution is -2.22. The van der Waals surface area contributed by atoms with Crippen LogP contribution in [-0.4, -0.2) is 45.1 Å². The molecule has 0 saturated heterocycles. The van der Waals surface area contributed by atoms with Crippen LogP contribution in [-0.2, 0) is 11.8 Å². The Morgan fingerprint density at radius 2 is 1.93 bits per heavy atom. The van der Waals surface area contributed by atoms with Crippen LogP contribution in [0, 0.1) is 13.8 Å². The highest BCUT2D eigenvalue weighted by Crippen LogP contribution is 2.33. The SMILES string of the molecule is COc1ccc(-c2nnc(SC(C)C(=O)Nc3nc(C)c(C)s3)n2C)cc1OC. The first-order chi connectivity index (χ1) is 13.8. The van der Waals surface area contributed by atoms with Gasteiger partial charge in [0.15, 0.2) is 27.6 Å². The fourth-order valence-corrected chi connectivity index (χ4v) is 4.22. The minimum Gasteiger partial charge on any atom is -0.493 e. The molecule has 1 aromatic carbocycles. The van der Waals surface area contributed by atoms with E-state index in [1.807, 2.05) is 50.6 Å². The van der Waals surface area contributed by atoms with Crippen molar-refractivity contribution in [2.45, 2.75) is 31.2 Å². The van der Waals surface area contributed by atoms with E-state index < -0.39 is 0 Å². The summed E-state index contributed by atoms with van der Waals surface area (Å²) in [6, 6.07) is 5.56. The second kappa shape index (κ2) is 8.83. The first-order valence-electron chi connectivity index (χ1n) is 8.87. The third kappa shape index (κ3) is 4.54. The molecule has 0 aliphatic rings. The maximum atomic E-state index is 12.5. The minimum atomic E-state index is -0.360. The molecular weight excluding hydrogens is 410 g/mol. The predicted octanol–water partition coefficient (Wildman–Crippen LogP) is 3.69. The smallest absolute Gasteiger partial charge is 0.239 e. The first kappa shape index (κ1) is 21.1. The standard InChI is InChI=1S/C19H23N5O3S2/c1-10-11(2)28-18(20-10)21-17(25)12(3)29-19-23-22-16(24(19)4)13-7-8-14(26-5)15(9-13)27-6/h7-9,12H,1-6H3,(H,20,21,25). The van der Waals surface area contributed by atoms with E-state index in [0.29, 0.717) is 27.6 Å². The molecule has 3 aromatic rings. The maximum Gasteiger partial charge on any atom is 0.239 e. The van der Waals surface area contributed by atoms with Crippen molar-refractivity contribution < 1.29 is 14.3 Å². The summed E-state index contributed by atoms with van der Waals surface area (Å²) in [5.74, 6) is 1.81. The second-order valence-corrected chi connectivity index (χ2v) is 8.86. The number of aryl methyl sites for hydroxylation is 2. The molecule has 0 bridgehead atoms.